The van der Waals surface area contributed by atoms with Crippen LogP contribution in [0.3, 0.4) is 0 Å². The fourth-order valence-corrected chi connectivity index (χ4v) is 15.0. The maximum absolute atomic E-state index is 15.2. The van der Waals surface area contributed by atoms with Gasteiger partial charge >= 0.3 is 5.97 Å². The number of amides is 2. The van der Waals surface area contributed by atoms with Crippen molar-refractivity contribution in [1.29, 1.82) is 0 Å². The van der Waals surface area contributed by atoms with Crippen molar-refractivity contribution in [2.45, 2.75) is 206 Å². The molecule has 22 nitrogen and oxygen atoms in total. The second-order valence-corrected chi connectivity index (χ2v) is 28.5. The van der Waals surface area contributed by atoms with Crippen LogP contribution in [-0.4, -0.2) is 209 Å². The van der Waals surface area contributed by atoms with Crippen LogP contribution in [-0.2, 0) is 52.4 Å². The number of hydrogen-bond donors (Lipinski definition) is 3. The number of Topliss-reactive ketones (excluding diaryl/α,β-unsaturated/α-hetero) is 3. The Kier molecular flexibility index (Phi) is 25.7. The quantitative estimate of drug-likeness (QED) is 0.0972. The first kappa shape index (κ1) is 74.6. The summed E-state index contributed by atoms with van der Waals surface area (Å²) >= 11 is 0. The van der Waals surface area contributed by atoms with Gasteiger partial charge in [0.2, 0.25) is 11.7 Å². The number of allylic oxidation sites excluding steroid dienone is 6. The van der Waals surface area contributed by atoms with Gasteiger partial charge in [0, 0.05) is 76.2 Å². The molecule has 1 saturated carbocycles. The minimum atomic E-state index is -2.61. The number of fused-ring (bicyclic) bond motifs is 4. The molecule has 6 aliphatic rings. The summed E-state index contributed by atoms with van der Waals surface area (Å²) in [4.78, 5) is 111. The molecule has 5 aliphatic heterocycles. The third-order valence-electron chi connectivity index (χ3n) is 21.2. The zero-order chi connectivity index (χ0) is 70.0. The van der Waals surface area contributed by atoms with Crippen molar-refractivity contribution >= 4 is 57.9 Å². The minimum absolute atomic E-state index is 0.0187. The van der Waals surface area contributed by atoms with E-state index in [-0.39, 0.29) is 79.7 Å². The van der Waals surface area contributed by atoms with Crippen molar-refractivity contribution in [3.05, 3.63) is 89.6 Å². The fraction of sp³-hybridized carbons (Fsp3) is 0.640. The average Bonchev–Trinajstić information content (AvgIpc) is 0.773. The predicted octanol–water partition coefficient (Wildman–Crippen LogP) is 8.76. The van der Waals surface area contributed by atoms with Crippen LogP contribution in [0.1, 0.15) is 150 Å². The number of aliphatic hydroxyl groups is 3. The first-order valence-electron chi connectivity index (χ1n) is 35.2. The summed E-state index contributed by atoms with van der Waals surface area (Å²) in [6.07, 6.45) is 10.1. The van der Waals surface area contributed by atoms with Crippen molar-refractivity contribution < 1.29 is 72.5 Å². The van der Waals surface area contributed by atoms with Crippen molar-refractivity contribution in [1.82, 2.24) is 24.8 Å². The molecule has 17 atom stereocenters. The van der Waals surface area contributed by atoms with E-state index in [0.29, 0.717) is 125 Å². The number of pyridine rings is 1. The van der Waals surface area contributed by atoms with Crippen LogP contribution in [0.5, 0.6) is 0 Å². The van der Waals surface area contributed by atoms with Crippen molar-refractivity contribution in [3.63, 3.8) is 0 Å². The van der Waals surface area contributed by atoms with Crippen LogP contribution in [0.15, 0.2) is 84.0 Å². The zero-order valence-electron chi connectivity index (χ0n) is 59.0. The lowest BCUT2D eigenvalue weighted by molar-refractivity contribution is -0.264. The number of likely N-dealkylation sites (N-methyl/N-ethyl adjacent to an activating group) is 1. The van der Waals surface area contributed by atoms with Crippen LogP contribution in [0.2, 0.25) is 0 Å². The van der Waals surface area contributed by atoms with Gasteiger partial charge in [-0.05, 0) is 146 Å². The number of nitrogens with zero attached hydrogens (tertiary/aromatic N) is 7. The van der Waals surface area contributed by atoms with Crippen LogP contribution in [0.25, 0.3) is 22.3 Å². The molecule has 2 amide bonds. The van der Waals surface area contributed by atoms with Gasteiger partial charge in [-0.3, -0.25) is 24.0 Å². The molecular weight excluding hydrogens is 1240 g/mol. The molecule has 4 saturated heterocycles. The molecule has 530 valence electrons. The van der Waals surface area contributed by atoms with Gasteiger partial charge in [0.05, 0.1) is 73.9 Å². The number of anilines is 2. The third kappa shape index (κ3) is 17.7. The maximum atomic E-state index is 15.2. The first-order chi connectivity index (χ1) is 46.3. The molecule has 7 heterocycles. The predicted molar refractivity (Wildman–Crippen MR) is 368 cm³/mol. The van der Waals surface area contributed by atoms with E-state index in [1.165, 1.54) is 12.0 Å². The molecular formula is C75H105N7O15. The molecule has 22 heteroatoms. The van der Waals surface area contributed by atoms with E-state index in [1.54, 1.807) is 65.0 Å². The summed E-state index contributed by atoms with van der Waals surface area (Å²) in [6.45, 7) is 20.3. The molecule has 97 heavy (non-hydrogen) atoms. The number of methoxy groups -OCH3 is 2. The molecule has 3 N–H and O–H groups in total. The molecule has 5 fully saturated rings. The Bertz CT molecular complexity index is 3410. The molecule has 2 aromatic heterocycles. The Morgan fingerprint density at radius 2 is 1.53 bits per heavy atom. The SMILES string of the molecule is CO[C@@H]1C[C@@H](CC(C)[C@@H]2CC(=O)[C@H](C)/C=C(\C)[C@@H](O)[C@@H](OC)C(=O)[C@H](C)C[C@H](C)/C=C/C=C/C=C(/C)[C@@H](N(C)C(=O)c3cccc(-c4ccc5c(N6CCOC[C@@H]6C)nc(N6CCOC[C@@H]6C)nc5n4)c3)C[C@@H]3CC[C@@H](C)[C@@](O)(O3)C(=O)C(=O)N3CCCC[C@H]3C(=O)O2)CC[C@H]1O. The van der Waals surface area contributed by atoms with Gasteiger partial charge in [-0.25, -0.2) is 9.78 Å². The highest BCUT2D eigenvalue weighted by atomic mass is 16.6. The summed E-state index contributed by atoms with van der Waals surface area (Å²) < 4.78 is 35.8. The highest BCUT2D eigenvalue weighted by Gasteiger charge is 2.53. The van der Waals surface area contributed by atoms with E-state index in [1.807, 2.05) is 75.4 Å². The molecule has 1 aliphatic carbocycles. The number of benzene rings is 1. The Labute approximate surface area is 572 Å². The van der Waals surface area contributed by atoms with Gasteiger partial charge < -0.3 is 63.3 Å². The standard InChI is InChI=1S/C75H105N7O15/c1-44-19-14-13-15-20-45(2)60(79(10)71(88)55-22-18-21-54(39-55)58-28-27-57-69(76-58)77-74(81-32-34-95-43-52(81)9)78-70(57)80-31-33-94-42-51(80)8)40-56-26-24-50(7)75(91,97-56)68(87)72(89)82-30-17-16-23-59(82)73(90)96-63(47(4)37-53-25-29-61(83)64(38-53)92-11)41-62(84)46(3)36-49(6)66(86)67(93-12)65(85)48(5)35-44/h13-15,18-22,27-28,36,39,44,46-48,50-53,56,59-61,63-64,66-67,83,86,91H,16-17,23-26,29-35,37-38,40-43H2,1-12H3/b15-13+,19-14+,45-20-,49-36+/t44-,46-,47?,48-,50-,51+,52+,53-,56+,59+,60+,61-,63+,64-,66-,67+,75-/m1/s1. The number of rotatable bonds is 10. The number of hydrogen-bond acceptors (Lipinski definition) is 20. The number of ketones is 3. The number of carbonyl (C=O) groups is 6. The van der Waals surface area contributed by atoms with Gasteiger partial charge in [-0.15, -0.1) is 0 Å². The lowest BCUT2D eigenvalue weighted by atomic mass is 9.78. The molecule has 0 radical (unpaired) electrons. The number of morpholine rings is 2. The number of aromatic nitrogens is 3. The largest absolute Gasteiger partial charge is 0.460 e. The van der Waals surface area contributed by atoms with E-state index in [9.17, 15) is 39.3 Å². The fourth-order valence-electron chi connectivity index (χ4n) is 15.0. The van der Waals surface area contributed by atoms with Crippen molar-refractivity contribution in [2.75, 3.05) is 77.1 Å². The number of piperidine rings is 1. The topological polar surface area (TPSA) is 270 Å². The van der Waals surface area contributed by atoms with E-state index in [0.717, 1.165) is 16.8 Å². The molecule has 1 aromatic carbocycles. The van der Waals surface area contributed by atoms with Gasteiger partial charge in [0.25, 0.3) is 17.6 Å². The van der Waals surface area contributed by atoms with Crippen LogP contribution >= 0.6 is 0 Å². The van der Waals surface area contributed by atoms with Gasteiger partial charge in [-0.1, -0.05) is 88.8 Å². The molecule has 2 bridgehead atoms. The monoisotopic (exact) mass is 1340 g/mol. The highest BCUT2D eigenvalue weighted by Crippen LogP contribution is 2.39. The highest BCUT2D eigenvalue weighted by molar-refractivity contribution is 6.39. The van der Waals surface area contributed by atoms with E-state index in [4.69, 9.17) is 43.4 Å². The number of carbonyl (C=O) groups excluding carboxylic acids is 6. The Morgan fingerprint density at radius 3 is 2.24 bits per heavy atom. The number of esters is 1. The summed E-state index contributed by atoms with van der Waals surface area (Å²) in [6, 6.07) is 9.36. The second kappa shape index (κ2) is 33.5. The maximum Gasteiger partial charge on any atom is 0.329 e. The lowest BCUT2D eigenvalue weighted by Gasteiger charge is -2.43. The van der Waals surface area contributed by atoms with Crippen LogP contribution < -0.4 is 9.80 Å². The molecule has 9 rings (SSSR count). The van der Waals surface area contributed by atoms with Crippen molar-refractivity contribution in [2.24, 2.45) is 35.5 Å². The van der Waals surface area contributed by atoms with Gasteiger partial charge in [0.1, 0.15) is 36.0 Å². The Balaban J connectivity index is 1.03. The number of aliphatic hydroxyl groups excluding tert-OH is 2. The molecule has 0 spiro atoms. The van der Waals surface area contributed by atoms with E-state index < -0.39 is 89.7 Å². The van der Waals surface area contributed by atoms with E-state index >= 15 is 4.79 Å². The first-order valence-corrected chi connectivity index (χ1v) is 35.2. The lowest BCUT2D eigenvalue weighted by Crippen LogP contribution is -2.61. The summed E-state index contributed by atoms with van der Waals surface area (Å²) in [7, 11) is 4.64. The average molecular weight is 1340 g/mol. The summed E-state index contributed by atoms with van der Waals surface area (Å²) in [5.74, 6) is -7.85. The van der Waals surface area contributed by atoms with Gasteiger partial charge in [0.15, 0.2) is 11.4 Å². The Morgan fingerprint density at radius 1 is 0.794 bits per heavy atom. The van der Waals surface area contributed by atoms with E-state index in [2.05, 4.69) is 23.6 Å². The van der Waals surface area contributed by atoms with Gasteiger partial charge in [-0.2, -0.15) is 9.97 Å². The van der Waals surface area contributed by atoms with Crippen LogP contribution in [0, 0.1) is 35.5 Å². The molecule has 1 unspecified atom stereocenters. The second-order valence-electron chi connectivity index (χ2n) is 28.5. The molecule has 3 aromatic rings. The zero-order valence-corrected chi connectivity index (χ0v) is 59.0. The normalized spacial score (nSPS) is 34.4. The summed E-state index contributed by atoms with van der Waals surface area (Å²) in [5.41, 5.74) is 3.27. The smallest absolute Gasteiger partial charge is 0.329 e. The number of cyclic esters (lactones) is 1. The minimum Gasteiger partial charge on any atom is -0.460 e. The third-order valence-corrected chi connectivity index (χ3v) is 21.2. The van der Waals surface area contributed by atoms with Crippen molar-refractivity contribution in [3.8, 4) is 11.3 Å². The summed E-state index contributed by atoms with van der Waals surface area (Å²) in [5, 5.41) is 35.7. The number of ether oxygens (including phenoxy) is 6. The Hall–Kier alpha value is -6.63. The van der Waals surface area contributed by atoms with Crippen LogP contribution in [0.4, 0.5) is 11.8 Å².